The normalized spacial score (nSPS) is 13.2. The predicted octanol–water partition coefficient (Wildman–Crippen LogP) is 4.97. The van der Waals surface area contributed by atoms with E-state index in [9.17, 15) is 5.26 Å². The summed E-state index contributed by atoms with van der Waals surface area (Å²) in [5.74, 6) is 0.610. The minimum atomic E-state index is 0.610. The first kappa shape index (κ1) is 23.1. The third-order valence-corrected chi connectivity index (χ3v) is 6.36. The van der Waals surface area contributed by atoms with Crippen molar-refractivity contribution in [1.82, 2.24) is 20.7 Å². The third-order valence-electron chi connectivity index (χ3n) is 6.36. The quantitative estimate of drug-likeness (QED) is 0.237. The molecule has 1 aliphatic carbocycles. The second kappa shape index (κ2) is 11.2. The zero-order chi connectivity index (χ0) is 23.9. The number of benzene rings is 2. The average molecular weight is 471 g/mol. The molecule has 8 nitrogen and oxygen atoms in total. The molecule has 2 aromatic carbocycles. The highest BCUT2D eigenvalue weighted by atomic mass is 16.5. The molecule has 3 N–H and O–H groups in total. The fourth-order valence-electron chi connectivity index (χ4n) is 4.32. The summed E-state index contributed by atoms with van der Waals surface area (Å²) in [5, 5.41) is 28.4. The molecule has 0 radical (unpaired) electrons. The second-order valence-electron chi connectivity index (χ2n) is 9.00. The lowest BCUT2D eigenvalue weighted by Gasteiger charge is -2.10. The summed E-state index contributed by atoms with van der Waals surface area (Å²) in [4.78, 5) is 0. The number of fused-ring (bicyclic) bond motifs is 1. The van der Waals surface area contributed by atoms with Gasteiger partial charge in [0.2, 0.25) is 0 Å². The highest BCUT2D eigenvalue weighted by Gasteiger charge is 2.26. The van der Waals surface area contributed by atoms with Crippen molar-refractivity contribution < 1.29 is 9.26 Å². The summed E-state index contributed by atoms with van der Waals surface area (Å²) in [6.45, 7) is 3.81. The van der Waals surface area contributed by atoms with Crippen molar-refractivity contribution in [3.63, 3.8) is 0 Å². The molecule has 1 fully saturated rings. The van der Waals surface area contributed by atoms with Crippen molar-refractivity contribution in [1.29, 1.82) is 5.26 Å². The molecule has 0 spiro atoms. The molecule has 0 aliphatic heterocycles. The Hall–Kier alpha value is -3.67. The van der Waals surface area contributed by atoms with Gasteiger partial charge in [-0.05, 0) is 73.0 Å². The fraction of sp³-hybridized carbons (Fsp3) is 0.370. The van der Waals surface area contributed by atoms with E-state index in [2.05, 4.69) is 50.3 Å². The number of anilines is 1. The zero-order valence-electron chi connectivity index (χ0n) is 19.7. The minimum Gasteiger partial charge on any atom is -0.382 e. The van der Waals surface area contributed by atoms with Crippen LogP contribution in [-0.2, 0) is 11.3 Å². The Morgan fingerprint density at radius 1 is 1.09 bits per heavy atom. The van der Waals surface area contributed by atoms with Gasteiger partial charge in [0, 0.05) is 36.3 Å². The molecule has 0 bridgehead atoms. The van der Waals surface area contributed by atoms with Gasteiger partial charge in [-0.1, -0.05) is 17.3 Å². The van der Waals surface area contributed by atoms with Crippen LogP contribution < -0.4 is 10.6 Å². The Labute approximate surface area is 204 Å². The van der Waals surface area contributed by atoms with Crippen LogP contribution in [0.3, 0.4) is 0 Å². The van der Waals surface area contributed by atoms with Crippen LogP contribution in [0.25, 0.3) is 22.0 Å². The molecule has 5 rings (SSSR count). The van der Waals surface area contributed by atoms with Crippen molar-refractivity contribution >= 4 is 16.6 Å². The topological polar surface area (TPSA) is 112 Å². The zero-order valence-corrected chi connectivity index (χ0v) is 19.7. The second-order valence-corrected chi connectivity index (χ2v) is 9.00. The first-order valence-corrected chi connectivity index (χ1v) is 12.2. The van der Waals surface area contributed by atoms with Gasteiger partial charge >= 0.3 is 0 Å². The number of nitrogens with one attached hydrogen (secondary N) is 3. The molecule has 2 heterocycles. The van der Waals surface area contributed by atoms with Gasteiger partial charge in [-0.25, -0.2) is 0 Å². The molecule has 4 aromatic rings. The van der Waals surface area contributed by atoms with Crippen molar-refractivity contribution in [2.75, 3.05) is 31.6 Å². The first-order chi connectivity index (χ1) is 17.3. The van der Waals surface area contributed by atoms with Gasteiger partial charge in [0.25, 0.3) is 0 Å². The highest BCUT2D eigenvalue weighted by Crippen LogP contribution is 2.41. The molecule has 0 atom stereocenters. The Balaban J connectivity index is 0.976. The molecule has 35 heavy (non-hydrogen) atoms. The van der Waals surface area contributed by atoms with Crippen molar-refractivity contribution in [2.45, 2.75) is 38.1 Å². The van der Waals surface area contributed by atoms with E-state index in [1.807, 2.05) is 18.3 Å². The molecular formula is C27H30N6O2. The van der Waals surface area contributed by atoms with Crippen LogP contribution in [0.1, 0.15) is 48.3 Å². The number of rotatable bonds is 13. The molecule has 180 valence electrons. The summed E-state index contributed by atoms with van der Waals surface area (Å²) in [6.07, 6.45) is 9.65. The van der Waals surface area contributed by atoms with E-state index in [0.717, 1.165) is 65.8 Å². The number of hydrogen-bond donors (Lipinski definition) is 3. The lowest BCUT2D eigenvalue weighted by atomic mass is 10.0. The summed E-state index contributed by atoms with van der Waals surface area (Å²) in [6, 6.07) is 12.8. The van der Waals surface area contributed by atoms with Crippen LogP contribution in [-0.4, -0.2) is 41.7 Å². The van der Waals surface area contributed by atoms with Crippen LogP contribution in [0.5, 0.6) is 0 Å². The summed E-state index contributed by atoms with van der Waals surface area (Å²) in [7, 11) is 0. The number of nitriles is 1. The van der Waals surface area contributed by atoms with Gasteiger partial charge in [0.1, 0.15) is 6.26 Å². The van der Waals surface area contributed by atoms with Crippen molar-refractivity contribution in [2.24, 2.45) is 0 Å². The van der Waals surface area contributed by atoms with E-state index in [1.165, 1.54) is 24.0 Å². The summed E-state index contributed by atoms with van der Waals surface area (Å²) >= 11 is 0. The number of ether oxygens (including phenoxy) is 1. The fourth-order valence-corrected chi connectivity index (χ4v) is 4.32. The number of aromatic amines is 1. The minimum absolute atomic E-state index is 0.610. The van der Waals surface area contributed by atoms with E-state index < -0.39 is 0 Å². The van der Waals surface area contributed by atoms with Crippen molar-refractivity contribution in [3.8, 4) is 17.2 Å². The molecule has 0 unspecified atom stereocenters. The monoisotopic (exact) mass is 470 g/mol. The predicted molar refractivity (Wildman–Crippen MR) is 135 cm³/mol. The first-order valence-electron chi connectivity index (χ1n) is 12.2. The maximum atomic E-state index is 9.40. The van der Waals surface area contributed by atoms with E-state index in [0.29, 0.717) is 19.1 Å². The van der Waals surface area contributed by atoms with E-state index in [-0.39, 0.29) is 0 Å². The van der Waals surface area contributed by atoms with Gasteiger partial charge < -0.3 is 19.9 Å². The van der Waals surface area contributed by atoms with E-state index >= 15 is 0 Å². The summed E-state index contributed by atoms with van der Waals surface area (Å²) < 4.78 is 10.8. The van der Waals surface area contributed by atoms with E-state index in [1.54, 1.807) is 12.5 Å². The molecule has 0 saturated heterocycles. The maximum absolute atomic E-state index is 9.40. The Kier molecular flexibility index (Phi) is 7.37. The number of H-pyrrole nitrogens is 1. The smallest absolute Gasteiger partial charge is 0.131 e. The number of hydrogen-bond acceptors (Lipinski definition) is 7. The van der Waals surface area contributed by atoms with Gasteiger partial charge in [-0.15, -0.1) is 0 Å². The third kappa shape index (κ3) is 5.88. The van der Waals surface area contributed by atoms with Gasteiger partial charge in [-0.2, -0.15) is 10.4 Å². The van der Waals surface area contributed by atoms with Gasteiger partial charge in [0.05, 0.1) is 36.1 Å². The Morgan fingerprint density at radius 3 is 2.86 bits per heavy atom. The molecule has 1 aliphatic rings. The van der Waals surface area contributed by atoms with Crippen LogP contribution in [0.15, 0.2) is 53.5 Å². The number of nitrogens with zero attached hydrogens (tertiary/aromatic N) is 3. The lowest BCUT2D eigenvalue weighted by Crippen LogP contribution is -2.16. The summed E-state index contributed by atoms with van der Waals surface area (Å²) in [5.41, 5.74) is 7.14. The Bertz CT molecular complexity index is 1290. The van der Waals surface area contributed by atoms with E-state index in [4.69, 9.17) is 9.26 Å². The Morgan fingerprint density at radius 2 is 2.03 bits per heavy atom. The highest BCUT2D eigenvalue weighted by molar-refractivity contribution is 5.95. The van der Waals surface area contributed by atoms with Crippen LogP contribution in [0, 0.1) is 11.3 Å². The van der Waals surface area contributed by atoms with Crippen molar-refractivity contribution in [3.05, 3.63) is 65.7 Å². The average Bonchev–Trinajstić information content (AvgIpc) is 3.36. The van der Waals surface area contributed by atoms with Crippen LogP contribution in [0.2, 0.25) is 0 Å². The van der Waals surface area contributed by atoms with Crippen LogP contribution >= 0.6 is 0 Å². The molecular weight excluding hydrogens is 440 g/mol. The molecule has 8 heteroatoms. The van der Waals surface area contributed by atoms with Gasteiger partial charge in [0.15, 0.2) is 0 Å². The van der Waals surface area contributed by atoms with Gasteiger partial charge in [-0.3, -0.25) is 5.10 Å². The maximum Gasteiger partial charge on any atom is 0.131 e. The lowest BCUT2D eigenvalue weighted by molar-refractivity contribution is 0.140. The molecule has 2 aromatic heterocycles. The standard InChI is InChI=1S/C27H30N6O2/c28-14-22-11-19(3-6-24(22)20-4-5-20)15-29-7-1-2-9-34-10-8-30-26-12-21(23-16-32-35-18-23)13-27-25(26)17-31-33-27/h3,6,11-13,16-18,20,29-30H,1-2,4-5,7-10,15H2,(H,31,33). The SMILES string of the molecule is N#Cc1cc(CNCCCCOCCNc2cc(-c3cnoc3)cc3[nH]ncc23)ccc1C1CC1. The number of unbranched alkanes of at least 4 members (excludes halogenated alkanes) is 1. The number of aromatic nitrogens is 3. The van der Waals surface area contributed by atoms with Crippen LogP contribution in [0.4, 0.5) is 5.69 Å². The molecule has 0 amide bonds. The largest absolute Gasteiger partial charge is 0.382 e. The molecule has 1 saturated carbocycles.